The molecule has 1 aliphatic carbocycles. The summed E-state index contributed by atoms with van der Waals surface area (Å²) in [6, 6.07) is 10.7. The lowest BCUT2D eigenvalue weighted by molar-refractivity contribution is -0.698. The van der Waals surface area contributed by atoms with Crippen molar-refractivity contribution >= 4 is 17.3 Å². The van der Waals surface area contributed by atoms with Gasteiger partial charge >= 0.3 is 0 Å². The van der Waals surface area contributed by atoms with Crippen molar-refractivity contribution in [3.63, 3.8) is 0 Å². The van der Waals surface area contributed by atoms with Gasteiger partial charge in [-0.2, -0.15) is 5.10 Å². The van der Waals surface area contributed by atoms with Gasteiger partial charge in [0.15, 0.2) is 5.82 Å². The van der Waals surface area contributed by atoms with Crippen molar-refractivity contribution in [1.82, 2.24) is 10.2 Å². The molecule has 126 valence electrons. The van der Waals surface area contributed by atoms with E-state index in [0.717, 1.165) is 28.9 Å². The molecule has 0 bridgehead atoms. The van der Waals surface area contributed by atoms with Crippen LogP contribution in [0, 0.1) is 6.92 Å². The third-order valence-corrected chi connectivity index (χ3v) is 4.89. The van der Waals surface area contributed by atoms with Crippen molar-refractivity contribution < 1.29 is 4.90 Å². The first-order valence-electron chi connectivity index (χ1n) is 8.75. The first kappa shape index (κ1) is 14.5. The summed E-state index contributed by atoms with van der Waals surface area (Å²) in [6.07, 6.45) is 8.63. The van der Waals surface area contributed by atoms with Gasteiger partial charge < -0.3 is 4.90 Å². The fourth-order valence-electron chi connectivity index (χ4n) is 3.39. The van der Waals surface area contributed by atoms with E-state index in [1.54, 1.807) is 0 Å². The molecule has 0 amide bonds. The first-order valence-corrected chi connectivity index (χ1v) is 8.75. The van der Waals surface area contributed by atoms with E-state index in [1.807, 2.05) is 6.20 Å². The number of quaternary nitrogens is 1. The normalized spacial score (nSPS) is 21.8. The number of aryl methyl sites for hydroxylation is 1. The summed E-state index contributed by atoms with van der Waals surface area (Å²) in [5, 5.41) is 11.1. The number of fused-ring (bicyclic) bond motifs is 1. The maximum Gasteiger partial charge on any atom is 0.232 e. The highest BCUT2D eigenvalue weighted by Crippen LogP contribution is 2.39. The highest BCUT2D eigenvalue weighted by atomic mass is 15.4. The van der Waals surface area contributed by atoms with E-state index in [1.165, 1.54) is 29.8 Å². The zero-order valence-electron chi connectivity index (χ0n) is 14.2. The second-order valence-corrected chi connectivity index (χ2v) is 6.92. The zero-order chi connectivity index (χ0) is 16.8. The topological polar surface area (TPSA) is 60.8 Å². The molecule has 1 atom stereocenters. The molecule has 3 aliphatic rings. The van der Waals surface area contributed by atoms with E-state index < -0.39 is 0 Å². The largest absolute Gasteiger partial charge is 0.329 e. The van der Waals surface area contributed by atoms with Crippen LogP contribution in [0.15, 0.2) is 59.7 Å². The third kappa shape index (κ3) is 2.74. The summed E-state index contributed by atoms with van der Waals surface area (Å²) in [5.41, 5.74) is 3.66. The number of amidine groups is 1. The molecule has 1 aromatic carbocycles. The van der Waals surface area contributed by atoms with Gasteiger partial charge in [-0.25, -0.2) is 9.89 Å². The molecular formula is C19H21N6+. The standard InChI is InChI=1S/C19H20N6/c1-13-3-2-4-15(9-13)24-11-18-20-7-8-25(18)19(12-24)21-17-10-16(22-23-17)14-5-6-14/h2-4,7-10,12,14H,5-6,11H2,1H3,(H2,21,22,23)/p+1. The summed E-state index contributed by atoms with van der Waals surface area (Å²) in [5.74, 6) is 3.66. The number of rotatable bonds is 4. The Kier molecular flexibility index (Phi) is 3.24. The zero-order valence-corrected chi connectivity index (χ0v) is 14.2. The lowest BCUT2D eigenvalue weighted by Crippen LogP contribution is -3.10. The van der Waals surface area contributed by atoms with Crippen LogP contribution in [0.3, 0.4) is 0 Å². The molecule has 1 fully saturated rings. The Hall–Kier alpha value is -2.86. The van der Waals surface area contributed by atoms with Crippen LogP contribution in [0.5, 0.6) is 0 Å². The molecular weight excluding hydrogens is 312 g/mol. The van der Waals surface area contributed by atoms with Crippen LogP contribution in [0.1, 0.15) is 30.0 Å². The maximum absolute atomic E-state index is 4.54. The van der Waals surface area contributed by atoms with Crippen molar-refractivity contribution in [2.75, 3.05) is 16.8 Å². The molecule has 0 spiro atoms. The monoisotopic (exact) mass is 333 g/mol. The minimum atomic E-state index is 0.670. The Bertz CT molecular complexity index is 902. The van der Waals surface area contributed by atoms with Gasteiger partial charge in [-0.1, -0.05) is 12.1 Å². The average molecular weight is 333 g/mol. The van der Waals surface area contributed by atoms with E-state index >= 15 is 0 Å². The SMILES string of the molecule is Cc1cccc(N2C=C(Nc3cc(C4CC4)[nH]n3)[NH+]3C=CN=C3C2)c1. The van der Waals surface area contributed by atoms with E-state index in [4.69, 9.17) is 0 Å². The van der Waals surface area contributed by atoms with E-state index in [-0.39, 0.29) is 0 Å². The van der Waals surface area contributed by atoms with Crippen LogP contribution >= 0.6 is 0 Å². The summed E-state index contributed by atoms with van der Waals surface area (Å²) >= 11 is 0. The molecule has 6 heteroatoms. The van der Waals surface area contributed by atoms with Gasteiger partial charge in [-0.05, 0) is 37.5 Å². The average Bonchev–Trinajstić information content (AvgIpc) is 3.16. The Labute approximate surface area is 146 Å². The van der Waals surface area contributed by atoms with E-state index in [2.05, 4.69) is 75.1 Å². The predicted octanol–water partition coefficient (Wildman–Crippen LogP) is 2.09. The molecule has 5 rings (SSSR count). The number of hydrogen-bond acceptors (Lipinski definition) is 4. The van der Waals surface area contributed by atoms with Crippen molar-refractivity contribution in [3.05, 3.63) is 66.0 Å². The number of aromatic amines is 1. The smallest absolute Gasteiger partial charge is 0.232 e. The number of aromatic nitrogens is 2. The lowest BCUT2D eigenvalue weighted by Gasteiger charge is -2.28. The third-order valence-electron chi connectivity index (χ3n) is 4.89. The van der Waals surface area contributed by atoms with E-state index in [9.17, 15) is 0 Å². The molecule has 25 heavy (non-hydrogen) atoms. The predicted molar refractivity (Wildman–Crippen MR) is 98.3 cm³/mol. The molecule has 2 aromatic rings. The number of anilines is 2. The van der Waals surface area contributed by atoms with Gasteiger partial charge in [0, 0.05) is 23.4 Å². The summed E-state index contributed by atoms with van der Waals surface area (Å²) in [7, 11) is 0. The van der Waals surface area contributed by atoms with Crippen LogP contribution in [0.25, 0.3) is 0 Å². The highest BCUT2D eigenvalue weighted by molar-refractivity contribution is 5.84. The minimum absolute atomic E-state index is 0.670. The Morgan fingerprint density at radius 1 is 1.28 bits per heavy atom. The molecule has 1 aromatic heterocycles. The number of benzene rings is 1. The van der Waals surface area contributed by atoms with Crippen LogP contribution < -0.4 is 15.1 Å². The summed E-state index contributed by atoms with van der Waals surface area (Å²) in [4.78, 5) is 7.93. The number of aliphatic imine (C=N–C) groups is 1. The molecule has 1 saturated carbocycles. The molecule has 3 N–H and O–H groups in total. The number of nitrogens with one attached hydrogen (secondary N) is 3. The van der Waals surface area contributed by atoms with Gasteiger partial charge in [0.2, 0.25) is 11.7 Å². The first-order chi connectivity index (χ1) is 12.3. The van der Waals surface area contributed by atoms with Gasteiger partial charge in [0.25, 0.3) is 0 Å². The van der Waals surface area contributed by atoms with Crippen molar-refractivity contribution in [1.29, 1.82) is 0 Å². The van der Waals surface area contributed by atoms with Gasteiger partial charge in [0.05, 0.1) is 12.4 Å². The molecule has 6 nitrogen and oxygen atoms in total. The molecule has 0 saturated heterocycles. The highest BCUT2D eigenvalue weighted by Gasteiger charge is 2.32. The minimum Gasteiger partial charge on any atom is -0.329 e. The van der Waals surface area contributed by atoms with Crippen molar-refractivity contribution in [2.24, 2.45) is 4.99 Å². The number of H-pyrrole nitrogens is 1. The maximum atomic E-state index is 4.54. The Morgan fingerprint density at radius 3 is 3.04 bits per heavy atom. The Balaban J connectivity index is 1.46. The fraction of sp³-hybridized carbons (Fsp3) is 0.263. The van der Waals surface area contributed by atoms with Crippen molar-refractivity contribution in [3.8, 4) is 0 Å². The number of hydrogen-bond donors (Lipinski definition) is 3. The van der Waals surface area contributed by atoms with E-state index in [0.29, 0.717) is 5.92 Å². The molecule has 3 heterocycles. The van der Waals surface area contributed by atoms with Gasteiger partial charge in [0.1, 0.15) is 12.7 Å². The molecule has 1 unspecified atom stereocenters. The second-order valence-electron chi connectivity index (χ2n) is 6.92. The van der Waals surface area contributed by atoms with Crippen LogP contribution in [-0.4, -0.2) is 22.6 Å². The summed E-state index contributed by atoms with van der Waals surface area (Å²) in [6.45, 7) is 2.90. The summed E-state index contributed by atoms with van der Waals surface area (Å²) < 4.78 is 0. The number of nitrogens with zero attached hydrogens (tertiary/aromatic N) is 3. The Morgan fingerprint density at radius 2 is 2.20 bits per heavy atom. The van der Waals surface area contributed by atoms with Crippen LogP contribution in [0.4, 0.5) is 11.5 Å². The molecule has 2 aliphatic heterocycles. The second kappa shape index (κ2) is 5.60. The fourth-order valence-corrected chi connectivity index (χ4v) is 3.39. The van der Waals surface area contributed by atoms with Gasteiger partial charge in [-0.3, -0.25) is 10.4 Å². The molecule has 0 radical (unpaired) electrons. The van der Waals surface area contributed by atoms with Crippen LogP contribution in [-0.2, 0) is 0 Å². The van der Waals surface area contributed by atoms with Crippen molar-refractivity contribution in [2.45, 2.75) is 25.7 Å². The quantitative estimate of drug-likeness (QED) is 0.803. The lowest BCUT2D eigenvalue weighted by atomic mass is 10.2. The van der Waals surface area contributed by atoms with Crippen LogP contribution in [0.2, 0.25) is 0 Å². The van der Waals surface area contributed by atoms with Gasteiger partial charge in [-0.15, -0.1) is 0 Å².